The Morgan fingerprint density at radius 2 is 2.30 bits per heavy atom. The summed E-state index contributed by atoms with van der Waals surface area (Å²) in [5, 5.41) is 25.1. The van der Waals surface area contributed by atoms with Crippen LogP contribution in [0.25, 0.3) is 5.57 Å². The van der Waals surface area contributed by atoms with Crippen LogP contribution in [-0.4, -0.2) is 26.4 Å². The topological polar surface area (TPSA) is 107 Å². The number of Topliss-reactive ketones (excluding diaryl/α,β-unsaturated/α-hetero) is 1. The van der Waals surface area contributed by atoms with Gasteiger partial charge in [0.1, 0.15) is 11.6 Å². The van der Waals surface area contributed by atoms with Crippen molar-refractivity contribution < 1.29 is 4.79 Å². The molecule has 20 heavy (non-hydrogen) atoms. The lowest BCUT2D eigenvalue weighted by Crippen LogP contribution is -2.02. The van der Waals surface area contributed by atoms with Crippen LogP contribution in [0.4, 0.5) is 5.69 Å². The number of carbonyl (C=O) groups excluding carboxylic acids is 1. The molecule has 0 radical (unpaired) electrons. The third-order valence-corrected chi connectivity index (χ3v) is 2.63. The van der Waals surface area contributed by atoms with Crippen molar-refractivity contribution in [3.8, 4) is 6.07 Å². The highest BCUT2D eigenvalue weighted by atomic mass is 16.1. The summed E-state index contributed by atoms with van der Waals surface area (Å²) in [4.78, 5) is 11.8. The van der Waals surface area contributed by atoms with Crippen molar-refractivity contribution in [2.45, 2.75) is 13.3 Å². The molecule has 0 bridgehead atoms. The quantitative estimate of drug-likeness (QED) is 0.632. The summed E-state index contributed by atoms with van der Waals surface area (Å²) in [6.07, 6.45) is 1.87. The summed E-state index contributed by atoms with van der Waals surface area (Å²) in [5.74, 6) is 0.221. The zero-order valence-corrected chi connectivity index (χ0v) is 10.8. The van der Waals surface area contributed by atoms with Gasteiger partial charge in [-0.05, 0) is 17.3 Å². The van der Waals surface area contributed by atoms with E-state index in [2.05, 4.69) is 25.9 Å². The van der Waals surface area contributed by atoms with Crippen molar-refractivity contribution >= 4 is 17.0 Å². The molecule has 0 aliphatic carbocycles. The number of benzene rings is 1. The van der Waals surface area contributed by atoms with E-state index in [1.165, 1.54) is 6.20 Å². The fourth-order valence-electron chi connectivity index (χ4n) is 1.62. The molecule has 7 nitrogen and oxygen atoms in total. The molecule has 2 aromatic rings. The second-order valence-electron chi connectivity index (χ2n) is 3.87. The van der Waals surface area contributed by atoms with E-state index in [0.29, 0.717) is 17.7 Å². The number of allylic oxidation sites excluding steroid dienone is 1. The predicted octanol–water partition coefficient (Wildman–Crippen LogP) is 1.77. The first-order valence-electron chi connectivity index (χ1n) is 5.99. The predicted molar refractivity (Wildman–Crippen MR) is 72.5 cm³/mol. The lowest BCUT2D eigenvalue weighted by atomic mass is 10.1. The van der Waals surface area contributed by atoms with Crippen LogP contribution in [0, 0.1) is 11.3 Å². The first-order valence-corrected chi connectivity index (χ1v) is 5.99. The van der Waals surface area contributed by atoms with Crippen molar-refractivity contribution in [2.75, 3.05) is 5.32 Å². The van der Waals surface area contributed by atoms with Gasteiger partial charge in [-0.1, -0.05) is 19.1 Å². The molecule has 1 heterocycles. The van der Waals surface area contributed by atoms with E-state index in [-0.39, 0.29) is 17.2 Å². The second kappa shape index (κ2) is 6.24. The van der Waals surface area contributed by atoms with Crippen LogP contribution < -0.4 is 5.32 Å². The average Bonchev–Trinajstić information content (AvgIpc) is 3.02. The number of ketones is 1. The fourth-order valence-corrected chi connectivity index (χ4v) is 1.62. The zero-order chi connectivity index (χ0) is 14.4. The van der Waals surface area contributed by atoms with Gasteiger partial charge < -0.3 is 5.32 Å². The lowest BCUT2D eigenvalue weighted by Gasteiger charge is -2.07. The molecule has 0 saturated carbocycles. The fraction of sp³-hybridized carbons (Fsp3) is 0.154. The number of aromatic nitrogens is 4. The van der Waals surface area contributed by atoms with Gasteiger partial charge in [0.2, 0.25) is 5.82 Å². The summed E-state index contributed by atoms with van der Waals surface area (Å²) in [6.45, 7) is 1.80. The van der Waals surface area contributed by atoms with Gasteiger partial charge in [0.05, 0.1) is 0 Å². The Balaban J connectivity index is 2.27. The molecule has 0 spiro atoms. The van der Waals surface area contributed by atoms with E-state index in [4.69, 9.17) is 5.26 Å². The largest absolute Gasteiger partial charge is 0.360 e. The van der Waals surface area contributed by atoms with E-state index in [0.717, 1.165) is 0 Å². The van der Waals surface area contributed by atoms with Crippen LogP contribution in [0.15, 0.2) is 30.5 Å². The molecule has 0 amide bonds. The van der Waals surface area contributed by atoms with Crippen LogP contribution in [0.1, 0.15) is 29.5 Å². The summed E-state index contributed by atoms with van der Waals surface area (Å²) in [6, 6.07) is 9.08. The van der Waals surface area contributed by atoms with Gasteiger partial charge in [0.15, 0.2) is 5.78 Å². The van der Waals surface area contributed by atoms with Gasteiger partial charge in [0.25, 0.3) is 0 Å². The monoisotopic (exact) mass is 268 g/mol. The third kappa shape index (κ3) is 2.87. The Kier molecular flexibility index (Phi) is 4.19. The minimum atomic E-state index is 0.0274. The van der Waals surface area contributed by atoms with E-state index >= 15 is 0 Å². The molecule has 0 fully saturated rings. The highest BCUT2D eigenvalue weighted by Gasteiger charge is 2.09. The van der Waals surface area contributed by atoms with E-state index in [1.54, 1.807) is 25.1 Å². The van der Waals surface area contributed by atoms with Crippen molar-refractivity contribution in [1.29, 1.82) is 5.26 Å². The van der Waals surface area contributed by atoms with Crippen LogP contribution in [0.5, 0.6) is 0 Å². The number of rotatable bonds is 5. The molecule has 1 aromatic carbocycles. The minimum absolute atomic E-state index is 0.0274. The number of hydrogen-bond acceptors (Lipinski definition) is 6. The Hall–Kier alpha value is -3.01. The number of aromatic amines is 1. The maximum atomic E-state index is 11.8. The molecule has 2 N–H and O–H groups in total. The molecule has 100 valence electrons. The smallest absolute Gasteiger partial charge is 0.216 e. The standard InChI is InChI=1S/C13H12N6O/c1-2-12(20)10-5-3-4-6-11(10)15-8-9(7-14)13-16-18-19-17-13/h3-6,8,15H,2H2,1H3,(H,16,17,18,19). The van der Waals surface area contributed by atoms with Crippen molar-refractivity contribution in [3.05, 3.63) is 41.9 Å². The number of hydrogen-bond donors (Lipinski definition) is 2. The average molecular weight is 268 g/mol. The first-order chi connectivity index (χ1) is 9.76. The normalized spacial score (nSPS) is 10.9. The van der Waals surface area contributed by atoms with Gasteiger partial charge in [-0.3, -0.25) is 4.79 Å². The molecule has 2 rings (SSSR count). The van der Waals surface area contributed by atoms with Crippen LogP contribution in [0.3, 0.4) is 0 Å². The number of anilines is 1. The lowest BCUT2D eigenvalue weighted by molar-refractivity contribution is 0.0989. The van der Waals surface area contributed by atoms with Gasteiger partial charge in [-0.15, -0.1) is 10.2 Å². The van der Waals surface area contributed by atoms with Crippen LogP contribution in [-0.2, 0) is 0 Å². The summed E-state index contributed by atoms with van der Waals surface area (Å²) in [7, 11) is 0. The summed E-state index contributed by atoms with van der Waals surface area (Å²) in [5.41, 5.74) is 1.43. The molecule has 7 heteroatoms. The number of nitrogens with zero attached hydrogens (tertiary/aromatic N) is 4. The van der Waals surface area contributed by atoms with E-state index < -0.39 is 0 Å². The molecule has 0 aliphatic rings. The van der Waals surface area contributed by atoms with E-state index in [1.807, 2.05) is 12.1 Å². The molecule has 0 unspecified atom stereocenters. The highest BCUT2D eigenvalue weighted by molar-refractivity contribution is 6.01. The number of nitriles is 1. The number of H-pyrrole nitrogens is 1. The van der Waals surface area contributed by atoms with Crippen molar-refractivity contribution in [3.63, 3.8) is 0 Å². The third-order valence-electron chi connectivity index (χ3n) is 2.63. The van der Waals surface area contributed by atoms with Crippen LogP contribution in [0.2, 0.25) is 0 Å². The van der Waals surface area contributed by atoms with Crippen LogP contribution >= 0.6 is 0 Å². The van der Waals surface area contributed by atoms with Gasteiger partial charge >= 0.3 is 0 Å². The maximum Gasteiger partial charge on any atom is 0.216 e. The first kappa shape index (κ1) is 13.4. The number of carbonyl (C=O) groups is 1. The Morgan fingerprint density at radius 3 is 2.95 bits per heavy atom. The zero-order valence-electron chi connectivity index (χ0n) is 10.8. The molecular formula is C13H12N6O. The summed E-state index contributed by atoms with van der Waals surface area (Å²) >= 11 is 0. The maximum absolute atomic E-state index is 11.8. The molecule has 0 saturated heterocycles. The second-order valence-corrected chi connectivity index (χ2v) is 3.87. The van der Waals surface area contributed by atoms with Crippen molar-refractivity contribution in [2.24, 2.45) is 0 Å². The van der Waals surface area contributed by atoms with Gasteiger partial charge in [0, 0.05) is 23.9 Å². The van der Waals surface area contributed by atoms with E-state index in [9.17, 15) is 4.79 Å². The number of para-hydroxylation sites is 1. The molecule has 0 atom stereocenters. The number of tetrazole rings is 1. The van der Waals surface area contributed by atoms with Gasteiger partial charge in [-0.25, -0.2) is 0 Å². The minimum Gasteiger partial charge on any atom is -0.360 e. The molecule has 1 aromatic heterocycles. The molecule has 0 aliphatic heterocycles. The number of nitrogens with one attached hydrogen (secondary N) is 2. The highest BCUT2D eigenvalue weighted by Crippen LogP contribution is 2.18. The van der Waals surface area contributed by atoms with Gasteiger partial charge in [-0.2, -0.15) is 10.5 Å². The Morgan fingerprint density at radius 1 is 1.50 bits per heavy atom. The molecular weight excluding hydrogens is 256 g/mol. The SMILES string of the molecule is CCC(=O)c1ccccc1NC=C(C#N)c1nn[nH]n1. The van der Waals surface area contributed by atoms with Crippen molar-refractivity contribution in [1.82, 2.24) is 20.6 Å². The summed E-state index contributed by atoms with van der Waals surface area (Å²) < 4.78 is 0. The Bertz CT molecular complexity index is 668. The Labute approximate surface area is 115 Å².